The molecule has 0 aromatic heterocycles. The highest BCUT2D eigenvalue weighted by Gasteiger charge is 2.32. The molecule has 1 amide bonds. The third kappa shape index (κ3) is 4.01. The number of aryl methyl sites for hydroxylation is 1. The van der Waals surface area contributed by atoms with E-state index in [9.17, 15) is 14.3 Å². The first-order valence-electron chi connectivity index (χ1n) is 8.43. The quantitative estimate of drug-likeness (QED) is 0.800. The first-order valence-corrected chi connectivity index (χ1v) is 8.43. The van der Waals surface area contributed by atoms with Crippen LogP contribution in [0.1, 0.15) is 24.8 Å². The molecule has 0 radical (unpaired) electrons. The molecule has 1 fully saturated rings. The third-order valence-corrected chi connectivity index (χ3v) is 4.56. The van der Waals surface area contributed by atoms with Gasteiger partial charge in [-0.15, -0.1) is 0 Å². The van der Waals surface area contributed by atoms with Crippen LogP contribution in [0, 0.1) is 11.7 Å². The summed E-state index contributed by atoms with van der Waals surface area (Å²) in [6.45, 7) is 0.639. The summed E-state index contributed by atoms with van der Waals surface area (Å²) in [4.78, 5) is 11.8. The molecule has 4 heteroatoms. The minimum atomic E-state index is -0.297. The Morgan fingerprint density at radius 2 is 1.83 bits per heavy atom. The maximum absolute atomic E-state index is 13.8. The molecule has 2 aromatic rings. The van der Waals surface area contributed by atoms with Gasteiger partial charge in [0.15, 0.2) is 0 Å². The lowest BCUT2D eigenvalue weighted by atomic mass is 9.82. The highest BCUT2D eigenvalue weighted by molar-refractivity contribution is 5.79. The fourth-order valence-corrected chi connectivity index (χ4v) is 3.00. The molecule has 0 unspecified atom stereocenters. The lowest BCUT2D eigenvalue weighted by molar-refractivity contribution is -0.131. The number of aliphatic hydroxyl groups is 1. The number of rotatable bonds is 6. The van der Waals surface area contributed by atoms with Gasteiger partial charge in [0.2, 0.25) is 5.91 Å². The predicted octanol–water partition coefficient (Wildman–Crippen LogP) is 3.31. The average molecular weight is 327 g/mol. The Morgan fingerprint density at radius 1 is 1.12 bits per heavy atom. The van der Waals surface area contributed by atoms with Crippen LogP contribution >= 0.6 is 0 Å². The zero-order valence-corrected chi connectivity index (χ0v) is 13.5. The van der Waals surface area contributed by atoms with Crippen molar-refractivity contribution in [3.63, 3.8) is 0 Å². The Balaban J connectivity index is 1.45. The fraction of sp³-hybridized carbons (Fsp3) is 0.350. The van der Waals surface area contributed by atoms with E-state index < -0.39 is 0 Å². The molecule has 0 atom stereocenters. The van der Waals surface area contributed by atoms with Crippen molar-refractivity contribution >= 4 is 5.91 Å². The largest absolute Gasteiger partial charge is 0.393 e. The molecule has 2 N–H and O–H groups in total. The lowest BCUT2D eigenvalue weighted by Crippen LogP contribution is -2.41. The molecule has 0 heterocycles. The van der Waals surface area contributed by atoms with Crippen molar-refractivity contribution in [2.75, 3.05) is 6.54 Å². The number of amides is 1. The van der Waals surface area contributed by atoms with Crippen LogP contribution in [0.15, 0.2) is 48.5 Å². The number of hydrogen-bond donors (Lipinski definition) is 2. The molecule has 1 saturated carbocycles. The van der Waals surface area contributed by atoms with Gasteiger partial charge in [-0.3, -0.25) is 4.79 Å². The Kier molecular flexibility index (Phi) is 5.26. The van der Waals surface area contributed by atoms with Crippen LogP contribution in [-0.2, 0) is 11.2 Å². The van der Waals surface area contributed by atoms with Crippen LogP contribution in [0.5, 0.6) is 0 Å². The van der Waals surface area contributed by atoms with E-state index in [2.05, 4.69) is 5.32 Å². The van der Waals surface area contributed by atoms with E-state index >= 15 is 0 Å². The second-order valence-electron chi connectivity index (χ2n) is 6.39. The molecule has 1 aliphatic carbocycles. The molecule has 3 rings (SSSR count). The summed E-state index contributed by atoms with van der Waals surface area (Å²) in [5, 5.41) is 12.1. The van der Waals surface area contributed by atoms with Gasteiger partial charge in [0.05, 0.1) is 6.10 Å². The molecule has 126 valence electrons. The Labute approximate surface area is 141 Å². The van der Waals surface area contributed by atoms with Gasteiger partial charge in [-0.1, -0.05) is 42.5 Å². The molecule has 0 saturated heterocycles. The van der Waals surface area contributed by atoms with Crippen molar-refractivity contribution < 1.29 is 14.3 Å². The number of hydrogen-bond acceptors (Lipinski definition) is 2. The normalized spacial score (nSPS) is 19.6. The number of aliphatic hydroxyl groups excluding tert-OH is 1. The lowest BCUT2D eigenvalue weighted by Gasteiger charge is -2.29. The highest BCUT2D eigenvalue weighted by atomic mass is 19.1. The van der Waals surface area contributed by atoms with Gasteiger partial charge in [0.1, 0.15) is 5.82 Å². The molecule has 0 aliphatic heterocycles. The molecular formula is C20H22FNO2. The van der Waals surface area contributed by atoms with E-state index in [1.54, 1.807) is 12.1 Å². The van der Waals surface area contributed by atoms with Gasteiger partial charge in [-0.05, 0) is 42.9 Å². The summed E-state index contributed by atoms with van der Waals surface area (Å²) in [5.74, 6) is -0.177. The van der Waals surface area contributed by atoms with Crippen molar-refractivity contribution in [3.8, 4) is 11.1 Å². The Morgan fingerprint density at radius 3 is 2.50 bits per heavy atom. The smallest absolute Gasteiger partial charge is 0.223 e. The molecule has 24 heavy (non-hydrogen) atoms. The Bertz CT molecular complexity index is 693. The van der Waals surface area contributed by atoms with Gasteiger partial charge < -0.3 is 10.4 Å². The van der Waals surface area contributed by atoms with Crippen molar-refractivity contribution in [3.05, 3.63) is 59.9 Å². The van der Waals surface area contributed by atoms with Gasteiger partial charge in [0, 0.05) is 18.0 Å². The monoisotopic (exact) mass is 327 g/mol. The number of carbonyl (C=O) groups excluding carboxylic acids is 1. The Hall–Kier alpha value is -2.20. The van der Waals surface area contributed by atoms with E-state index in [-0.39, 0.29) is 23.7 Å². The van der Waals surface area contributed by atoms with Crippen LogP contribution in [0.3, 0.4) is 0 Å². The first kappa shape index (κ1) is 16.7. The topological polar surface area (TPSA) is 49.3 Å². The minimum Gasteiger partial charge on any atom is -0.393 e. The highest BCUT2D eigenvalue weighted by Crippen LogP contribution is 2.27. The maximum atomic E-state index is 13.8. The fourth-order valence-electron chi connectivity index (χ4n) is 3.00. The summed E-state index contributed by atoms with van der Waals surface area (Å²) in [7, 11) is 0. The van der Waals surface area contributed by atoms with Crippen LogP contribution in [0.4, 0.5) is 4.39 Å². The van der Waals surface area contributed by atoms with Gasteiger partial charge in [0.25, 0.3) is 0 Å². The molecule has 0 spiro atoms. The first-order chi connectivity index (χ1) is 11.6. The van der Waals surface area contributed by atoms with E-state index in [1.165, 1.54) is 11.6 Å². The van der Waals surface area contributed by atoms with Crippen LogP contribution < -0.4 is 5.32 Å². The zero-order chi connectivity index (χ0) is 16.9. The molecule has 3 nitrogen and oxygen atoms in total. The predicted molar refractivity (Wildman–Crippen MR) is 91.9 cm³/mol. The zero-order valence-electron chi connectivity index (χ0n) is 13.5. The summed E-state index contributed by atoms with van der Waals surface area (Å²) in [5.41, 5.74) is 2.65. The number of carbonyl (C=O) groups is 1. The standard InChI is InChI=1S/C20H22FNO2/c21-19-6-2-1-5-18(19)15-9-7-14(8-10-15)4-3-11-22-20(24)16-12-17(23)13-16/h1-2,5-10,16-17,23H,3-4,11-13H2,(H,22,24). The van der Waals surface area contributed by atoms with E-state index in [4.69, 9.17) is 0 Å². The second-order valence-corrected chi connectivity index (χ2v) is 6.39. The van der Waals surface area contributed by atoms with E-state index in [0.29, 0.717) is 24.9 Å². The second kappa shape index (κ2) is 7.58. The molecule has 0 bridgehead atoms. The molecular weight excluding hydrogens is 305 g/mol. The van der Waals surface area contributed by atoms with Gasteiger partial charge in [-0.2, -0.15) is 0 Å². The summed E-state index contributed by atoms with van der Waals surface area (Å²) in [6.07, 6.45) is 2.60. The van der Waals surface area contributed by atoms with Crippen molar-refractivity contribution in [1.29, 1.82) is 0 Å². The van der Waals surface area contributed by atoms with Gasteiger partial charge in [-0.25, -0.2) is 4.39 Å². The number of benzene rings is 2. The van der Waals surface area contributed by atoms with E-state index in [0.717, 1.165) is 18.4 Å². The van der Waals surface area contributed by atoms with Crippen LogP contribution in [-0.4, -0.2) is 23.7 Å². The third-order valence-electron chi connectivity index (χ3n) is 4.56. The summed E-state index contributed by atoms with van der Waals surface area (Å²) >= 11 is 0. The van der Waals surface area contributed by atoms with Crippen LogP contribution in [0.25, 0.3) is 11.1 Å². The molecule has 1 aliphatic rings. The van der Waals surface area contributed by atoms with Crippen LogP contribution in [0.2, 0.25) is 0 Å². The summed E-state index contributed by atoms with van der Waals surface area (Å²) < 4.78 is 13.8. The molecule has 2 aromatic carbocycles. The summed E-state index contributed by atoms with van der Waals surface area (Å²) in [6, 6.07) is 14.6. The number of nitrogens with one attached hydrogen (secondary N) is 1. The average Bonchev–Trinajstić information content (AvgIpc) is 2.57. The van der Waals surface area contributed by atoms with Crippen molar-refractivity contribution in [2.24, 2.45) is 5.92 Å². The maximum Gasteiger partial charge on any atom is 0.223 e. The number of halogens is 1. The SMILES string of the molecule is O=C(NCCCc1ccc(-c2ccccc2F)cc1)C1CC(O)C1. The van der Waals surface area contributed by atoms with Gasteiger partial charge >= 0.3 is 0 Å². The van der Waals surface area contributed by atoms with E-state index in [1.807, 2.05) is 30.3 Å². The van der Waals surface area contributed by atoms with Crippen molar-refractivity contribution in [1.82, 2.24) is 5.32 Å². The minimum absolute atomic E-state index is 0.0138. The van der Waals surface area contributed by atoms with Crippen molar-refractivity contribution in [2.45, 2.75) is 31.8 Å².